The number of hydrogen-bond acceptors (Lipinski definition) is 3. The average Bonchev–Trinajstić information content (AvgIpc) is 3.20. The molecular weight excluding hydrogens is 348 g/mol. The molecule has 112 valence electrons. The summed E-state index contributed by atoms with van der Waals surface area (Å²) >= 11 is 4.98. The van der Waals surface area contributed by atoms with Crippen LogP contribution < -0.4 is 11.1 Å². The Morgan fingerprint density at radius 3 is 2.90 bits per heavy atom. The molecule has 1 aliphatic carbocycles. The molecule has 1 aromatic heterocycles. The van der Waals surface area contributed by atoms with Crippen molar-refractivity contribution < 1.29 is 4.79 Å². The fourth-order valence-electron chi connectivity index (χ4n) is 2.63. The second-order valence-corrected chi connectivity index (χ2v) is 7.62. The van der Waals surface area contributed by atoms with Gasteiger partial charge in [-0.1, -0.05) is 41.8 Å². The van der Waals surface area contributed by atoms with Crippen LogP contribution in [-0.4, -0.2) is 11.9 Å². The van der Waals surface area contributed by atoms with E-state index < -0.39 is 0 Å². The summed E-state index contributed by atoms with van der Waals surface area (Å²) in [6.45, 7) is 2.12. The lowest BCUT2D eigenvalue weighted by atomic mass is 10.1. The van der Waals surface area contributed by atoms with E-state index in [9.17, 15) is 4.79 Å². The van der Waals surface area contributed by atoms with Crippen molar-refractivity contribution in [3.8, 4) is 0 Å². The summed E-state index contributed by atoms with van der Waals surface area (Å²) in [6, 6.07) is 6.18. The molecule has 5 heteroatoms. The van der Waals surface area contributed by atoms with Crippen molar-refractivity contribution in [1.29, 1.82) is 0 Å². The smallest absolute Gasteiger partial charge is 0.263 e. The summed E-state index contributed by atoms with van der Waals surface area (Å²) in [7, 11) is 0. The first-order valence-electron chi connectivity index (χ1n) is 7.37. The van der Waals surface area contributed by atoms with Gasteiger partial charge in [-0.2, -0.15) is 0 Å². The van der Waals surface area contributed by atoms with E-state index in [-0.39, 0.29) is 11.9 Å². The van der Waals surface area contributed by atoms with E-state index in [0.717, 1.165) is 33.3 Å². The molecule has 1 unspecified atom stereocenters. The van der Waals surface area contributed by atoms with E-state index in [2.05, 4.69) is 28.2 Å². The summed E-state index contributed by atoms with van der Waals surface area (Å²) < 4.78 is 1.99. The van der Waals surface area contributed by atoms with Crippen LogP contribution in [-0.2, 0) is 0 Å². The minimum absolute atomic E-state index is 0.0342. The molecule has 1 saturated carbocycles. The van der Waals surface area contributed by atoms with Gasteiger partial charge in [0.15, 0.2) is 0 Å². The van der Waals surface area contributed by atoms with Gasteiger partial charge < -0.3 is 11.1 Å². The Labute approximate surface area is 137 Å². The van der Waals surface area contributed by atoms with E-state index in [1.54, 1.807) is 0 Å². The molecule has 0 aliphatic heterocycles. The summed E-state index contributed by atoms with van der Waals surface area (Å²) in [5.74, 6) is 0.775. The van der Waals surface area contributed by atoms with Gasteiger partial charge in [-0.05, 0) is 30.9 Å². The van der Waals surface area contributed by atoms with Crippen molar-refractivity contribution in [3.05, 3.63) is 27.5 Å². The largest absolute Gasteiger partial charge is 0.397 e. The van der Waals surface area contributed by atoms with Gasteiger partial charge in [-0.15, -0.1) is 11.3 Å². The van der Waals surface area contributed by atoms with Crippen LogP contribution >= 0.6 is 27.3 Å². The molecule has 1 aliphatic rings. The SMILES string of the molecule is CCC(CC1CC1)NC(=O)c1sc2cccc(Br)c2c1N. The number of benzene rings is 1. The van der Waals surface area contributed by atoms with Gasteiger partial charge in [-0.25, -0.2) is 0 Å². The van der Waals surface area contributed by atoms with Crippen molar-refractivity contribution in [2.24, 2.45) is 5.92 Å². The third-order valence-corrected chi connectivity index (χ3v) is 5.88. The number of halogens is 1. The first-order chi connectivity index (χ1) is 10.1. The number of hydrogen-bond donors (Lipinski definition) is 2. The molecule has 2 aromatic rings. The van der Waals surface area contributed by atoms with E-state index in [0.29, 0.717) is 10.6 Å². The van der Waals surface area contributed by atoms with Crippen LogP contribution in [0.5, 0.6) is 0 Å². The Hall–Kier alpha value is -1.07. The predicted molar refractivity (Wildman–Crippen MR) is 92.8 cm³/mol. The molecule has 1 fully saturated rings. The minimum Gasteiger partial charge on any atom is -0.397 e. The van der Waals surface area contributed by atoms with Crippen molar-refractivity contribution in [2.75, 3.05) is 5.73 Å². The van der Waals surface area contributed by atoms with Crippen molar-refractivity contribution in [1.82, 2.24) is 5.32 Å². The monoisotopic (exact) mass is 366 g/mol. The molecule has 0 saturated heterocycles. The third kappa shape index (κ3) is 3.09. The normalized spacial score (nSPS) is 16.1. The Morgan fingerprint density at radius 1 is 1.52 bits per heavy atom. The van der Waals surface area contributed by atoms with Crippen LogP contribution in [0, 0.1) is 5.92 Å². The van der Waals surface area contributed by atoms with Crippen LogP contribution in [0.4, 0.5) is 5.69 Å². The zero-order valence-corrected chi connectivity index (χ0v) is 14.4. The number of carbonyl (C=O) groups excluding carboxylic acids is 1. The zero-order valence-electron chi connectivity index (χ0n) is 12.0. The summed E-state index contributed by atoms with van der Waals surface area (Å²) in [5.41, 5.74) is 6.78. The number of fused-ring (bicyclic) bond motifs is 1. The second kappa shape index (κ2) is 5.97. The fraction of sp³-hybridized carbons (Fsp3) is 0.438. The van der Waals surface area contributed by atoms with Gasteiger partial charge in [0, 0.05) is 20.6 Å². The molecule has 21 heavy (non-hydrogen) atoms. The molecule has 1 aromatic carbocycles. The number of amides is 1. The molecule has 1 amide bonds. The van der Waals surface area contributed by atoms with E-state index >= 15 is 0 Å². The Morgan fingerprint density at radius 2 is 2.29 bits per heavy atom. The lowest BCUT2D eigenvalue weighted by Gasteiger charge is -2.16. The highest BCUT2D eigenvalue weighted by Crippen LogP contribution is 2.38. The number of anilines is 1. The van der Waals surface area contributed by atoms with E-state index in [1.165, 1.54) is 24.2 Å². The Bertz CT molecular complexity index is 678. The summed E-state index contributed by atoms with van der Waals surface area (Å²) in [5, 5.41) is 4.10. The molecule has 1 heterocycles. The molecule has 0 bridgehead atoms. The number of nitrogens with two attached hydrogens (primary N) is 1. The first kappa shape index (κ1) is 14.9. The van der Waals surface area contributed by atoms with Crippen LogP contribution in [0.3, 0.4) is 0 Å². The van der Waals surface area contributed by atoms with Crippen LogP contribution in [0.25, 0.3) is 10.1 Å². The lowest BCUT2D eigenvalue weighted by Crippen LogP contribution is -2.34. The topological polar surface area (TPSA) is 55.1 Å². The summed E-state index contributed by atoms with van der Waals surface area (Å²) in [4.78, 5) is 13.2. The van der Waals surface area contributed by atoms with E-state index in [1.807, 2.05) is 18.2 Å². The predicted octanol–water partition coefficient (Wildman–Crippen LogP) is 4.55. The molecule has 0 radical (unpaired) electrons. The number of thiophene rings is 1. The molecule has 1 atom stereocenters. The van der Waals surface area contributed by atoms with E-state index in [4.69, 9.17) is 5.73 Å². The van der Waals surface area contributed by atoms with Crippen molar-refractivity contribution in [2.45, 2.75) is 38.6 Å². The number of nitrogen functional groups attached to an aromatic ring is 1. The molecule has 0 spiro atoms. The molecule has 3 rings (SSSR count). The highest BCUT2D eigenvalue weighted by molar-refractivity contribution is 9.10. The number of rotatable bonds is 5. The standard InChI is InChI=1S/C16H19BrN2OS/c1-2-10(8-9-6-7-9)19-16(20)15-14(18)13-11(17)4-3-5-12(13)21-15/h3-5,9-10H,2,6-8,18H2,1H3,(H,19,20). The molecular formula is C16H19BrN2OS. The van der Waals surface area contributed by atoms with Gasteiger partial charge in [0.2, 0.25) is 0 Å². The fourth-order valence-corrected chi connectivity index (χ4v) is 4.40. The zero-order chi connectivity index (χ0) is 15.0. The quantitative estimate of drug-likeness (QED) is 0.814. The maximum absolute atomic E-state index is 12.5. The van der Waals surface area contributed by atoms with Gasteiger partial charge in [-0.3, -0.25) is 4.79 Å². The average molecular weight is 367 g/mol. The molecule has 3 nitrogen and oxygen atoms in total. The maximum atomic E-state index is 12.5. The van der Waals surface area contributed by atoms with Gasteiger partial charge in [0.25, 0.3) is 5.91 Å². The Kier molecular flexibility index (Phi) is 4.22. The van der Waals surface area contributed by atoms with Crippen LogP contribution in [0.2, 0.25) is 0 Å². The minimum atomic E-state index is -0.0342. The lowest BCUT2D eigenvalue weighted by molar-refractivity contribution is 0.0937. The number of carbonyl (C=O) groups is 1. The van der Waals surface area contributed by atoms with Crippen LogP contribution in [0.1, 0.15) is 42.3 Å². The Balaban J connectivity index is 1.83. The highest BCUT2D eigenvalue weighted by atomic mass is 79.9. The van der Waals surface area contributed by atoms with Gasteiger partial charge in [0.1, 0.15) is 4.88 Å². The van der Waals surface area contributed by atoms with Crippen LogP contribution in [0.15, 0.2) is 22.7 Å². The van der Waals surface area contributed by atoms with Gasteiger partial charge >= 0.3 is 0 Å². The number of nitrogens with one attached hydrogen (secondary N) is 1. The van der Waals surface area contributed by atoms with Crippen molar-refractivity contribution in [3.63, 3.8) is 0 Å². The second-order valence-electron chi connectivity index (χ2n) is 5.72. The highest BCUT2D eigenvalue weighted by Gasteiger charge is 2.26. The van der Waals surface area contributed by atoms with Gasteiger partial charge in [0.05, 0.1) is 5.69 Å². The third-order valence-electron chi connectivity index (χ3n) is 4.05. The first-order valence-corrected chi connectivity index (χ1v) is 8.98. The maximum Gasteiger partial charge on any atom is 0.263 e. The molecule has 3 N–H and O–H groups in total. The van der Waals surface area contributed by atoms with Crippen molar-refractivity contribution >= 4 is 48.9 Å². The summed E-state index contributed by atoms with van der Waals surface area (Å²) in [6.07, 6.45) is 4.68.